The molecule has 7 heteroatoms. The summed E-state index contributed by atoms with van der Waals surface area (Å²) in [6, 6.07) is 11.8. The van der Waals surface area contributed by atoms with Crippen molar-refractivity contribution < 1.29 is 14.7 Å². The second-order valence-electron chi connectivity index (χ2n) is 6.79. The van der Waals surface area contributed by atoms with E-state index >= 15 is 0 Å². The van der Waals surface area contributed by atoms with Crippen LogP contribution in [0.5, 0.6) is 0 Å². The van der Waals surface area contributed by atoms with Crippen molar-refractivity contribution in [2.45, 2.75) is 32.9 Å². The summed E-state index contributed by atoms with van der Waals surface area (Å²) < 4.78 is 1.89. The number of amides is 1. The molecule has 0 saturated heterocycles. The number of aliphatic carboxylic acids is 1. The fourth-order valence-corrected chi connectivity index (χ4v) is 3.78. The van der Waals surface area contributed by atoms with E-state index in [0.717, 1.165) is 21.5 Å². The maximum Gasteiger partial charge on any atom is 0.329 e. The van der Waals surface area contributed by atoms with Crippen LogP contribution >= 0.6 is 11.3 Å². The van der Waals surface area contributed by atoms with Gasteiger partial charge in [-0.15, -0.1) is 11.3 Å². The van der Waals surface area contributed by atoms with Crippen LogP contribution in [-0.4, -0.2) is 44.3 Å². The molecule has 26 heavy (non-hydrogen) atoms. The molecule has 0 saturated carbocycles. The van der Waals surface area contributed by atoms with Gasteiger partial charge in [-0.25, -0.2) is 4.79 Å². The van der Waals surface area contributed by atoms with E-state index in [1.807, 2.05) is 41.9 Å². The number of hydrogen-bond donors (Lipinski definition) is 1. The first-order valence-electron chi connectivity index (χ1n) is 8.24. The Hall–Kier alpha value is -2.67. The Kier molecular flexibility index (Phi) is 4.58. The first kappa shape index (κ1) is 18.1. The van der Waals surface area contributed by atoms with Gasteiger partial charge in [0.2, 0.25) is 0 Å². The van der Waals surface area contributed by atoms with E-state index in [1.54, 1.807) is 6.07 Å². The highest BCUT2D eigenvalue weighted by Gasteiger charge is 2.36. The van der Waals surface area contributed by atoms with Gasteiger partial charge in [-0.1, -0.05) is 30.3 Å². The highest BCUT2D eigenvalue weighted by molar-refractivity contribution is 7.20. The Morgan fingerprint density at radius 2 is 1.92 bits per heavy atom. The minimum Gasteiger partial charge on any atom is -0.480 e. The van der Waals surface area contributed by atoms with Gasteiger partial charge < -0.3 is 10.0 Å². The maximum atomic E-state index is 12.8. The van der Waals surface area contributed by atoms with E-state index in [0.29, 0.717) is 11.4 Å². The van der Waals surface area contributed by atoms with Gasteiger partial charge in [0.15, 0.2) is 0 Å². The zero-order chi connectivity index (χ0) is 19.1. The van der Waals surface area contributed by atoms with E-state index in [9.17, 15) is 14.7 Å². The highest BCUT2D eigenvalue weighted by atomic mass is 32.1. The van der Waals surface area contributed by atoms with Crippen LogP contribution in [-0.2, 0) is 11.3 Å². The number of aromatic nitrogens is 2. The molecule has 0 aliphatic carbocycles. The van der Waals surface area contributed by atoms with Gasteiger partial charge >= 0.3 is 5.97 Å². The predicted molar refractivity (Wildman–Crippen MR) is 102 cm³/mol. The minimum atomic E-state index is -1.28. The molecule has 136 valence electrons. The van der Waals surface area contributed by atoms with Gasteiger partial charge in [-0.05, 0) is 32.4 Å². The van der Waals surface area contributed by atoms with Crippen LogP contribution in [0.1, 0.15) is 34.8 Å². The third-order valence-electron chi connectivity index (χ3n) is 4.66. The van der Waals surface area contributed by atoms with Crippen LogP contribution in [0.4, 0.5) is 0 Å². The number of thiophene rings is 1. The van der Waals surface area contributed by atoms with Crippen LogP contribution in [0.3, 0.4) is 0 Å². The molecule has 0 bridgehead atoms. The van der Waals surface area contributed by atoms with Gasteiger partial charge in [-0.2, -0.15) is 5.10 Å². The van der Waals surface area contributed by atoms with E-state index in [2.05, 4.69) is 5.10 Å². The second-order valence-corrected chi connectivity index (χ2v) is 7.82. The number of carbonyl (C=O) groups is 2. The number of aryl methyl sites for hydroxylation is 1. The summed E-state index contributed by atoms with van der Waals surface area (Å²) in [5.41, 5.74) is 0.701. The quantitative estimate of drug-likeness (QED) is 0.746. The van der Waals surface area contributed by atoms with Gasteiger partial charge in [0.1, 0.15) is 10.4 Å². The van der Waals surface area contributed by atoms with Gasteiger partial charge in [0.25, 0.3) is 5.91 Å². The van der Waals surface area contributed by atoms with Crippen molar-refractivity contribution in [2.24, 2.45) is 0 Å². The van der Waals surface area contributed by atoms with Crippen LogP contribution in [0.15, 0.2) is 36.4 Å². The lowest BCUT2D eigenvalue weighted by molar-refractivity contribution is -0.147. The number of carbonyl (C=O) groups excluding carboxylic acids is 1. The molecule has 0 fully saturated rings. The van der Waals surface area contributed by atoms with E-state index < -0.39 is 11.5 Å². The molecule has 0 unspecified atom stereocenters. The largest absolute Gasteiger partial charge is 0.480 e. The Morgan fingerprint density at radius 1 is 1.27 bits per heavy atom. The molecule has 0 atom stereocenters. The minimum absolute atomic E-state index is 0.302. The van der Waals surface area contributed by atoms with Crippen molar-refractivity contribution in [3.05, 3.63) is 52.5 Å². The highest BCUT2D eigenvalue weighted by Crippen LogP contribution is 2.30. The third kappa shape index (κ3) is 3.10. The topological polar surface area (TPSA) is 75.4 Å². The monoisotopic (exact) mass is 371 g/mol. The molecule has 6 nitrogen and oxygen atoms in total. The average molecular weight is 371 g/mol. The lowest BCUT2D eigenvalue weighted by Crippen LogP contribution is -2.50. The normalized spacial score (nSPS) is 11.7. The molecule has 1 N–H and O–H groups in total. The smallest absolute Gasteiger partial charge is 0.329 e. The van der Waals surface area contributed by atoms with E-state index in [1.165, 1.54) is 37.1 Å². The SMILES string of the molecule is Cc1nn(Cc2ccccc2)c2sc(C(=O)N(C)C(C)(C)C(=O)O)cc12. The molecule has 0 radical (unpaired) electrons. The van der Waals surface area contributed by atoms with Crippen molar-refractivity contribution in [1.29, 1.82) is 0 Å². The molecule has 3 rings (SSSR count). The maximum absolute atomic E-state index is 12.8. The fourth-order valence-electron chi connectivity index (χ4n) is 2.64. The summed E-state index contributed by atoms with van der Waals surface area (Å²) in [5.74, 6) is -1.34. The van der Waals surface area contributed by atoms with E-state index in [4.69, 9.17) is 0 Å². The zero-order valence-corrected chi connectivity index (χ0v) is 16.0. The number of rotatable bonds is 5. The Balaban J connectivity index is 1.96. The molecule has 2 aromatic heterocycles. The molecule has 1 aromatic carbocycles. The summed E-state index contributed by atoms with van der Waals surface area (Å²) in [7, 11) is 1.52. The predicted octanol–water partition coefficient (Wildman–Crippen LogP) is 3.39. The zero-order valence-electron chi connectivity index (χ0n) is 15.2. The van der Waals surface area contributed by atoms with Crippen LogP contribution in [0.25, 0.3) is 10.2 Å². The van der Waals surface area contributed by atoms with Crippen LogP contribution in [0.2, 0.25) is 0 Å². The standard InChI is InChI=1S/C19H21N3O3S/c1-12-14-10-15(16(23)21(4)19(2,3)18(24)25)26-17(14)22(20-12)11-13-8-6-5-7-9-13/h5-10H,11H2,1-4H3,(H,24,25). The Morgan fingerprint density at radius 3 is 2.54 bits per heavy atom. The first-order chi connectivity index (χ1) is 12.2. The van der Waals surface area contributed by atoms with Crippen molar-refractivity contribution >= 4 is 33.4 Å². The number of likely N-dealkylation sites (N-methyl/N-ethyl adjacent to an activating group) is 1. The van der Waals surface area contributed by atoms with Crippen molar-refractivity contribution in [1.82, 2.24) is 14.7 Å². The summed E-state index contributed by atoms with van der Waals surface area (Å²) in [5, 5.41) is 14.9. The van der Waals surface area contributed by atoms with Crippen LogP contribution < -0.4 is 0 Å². The molecular weight excluding hydrogens is 350 g/mol. The fraction of sp³-hybridized carbons (Fsp3) is 0.316. The van der Waals surface area contributed by atoms with Crippen molar-refractivity contribution in [3.63, 3.8) is 0 Å². The Labute approximate surface area is 155 Å². The van der Waals surface area contributed by atoms with Gasteiger partial charge in [0.05, 0.1) is 17.1 Å². The number of hydrogen-bond acceptors (Lipinski definition) is 4. The summed E-state index contributed by atoms with van der Waals surface area (Å²) in [6.07, 6.45) is 0. The number of benzene rings is 1. The lowest BCUT2D eigenvalue weighted by Gasteiger charge is -2.31. The average Bonchev–Trinajstić information content (AvgIpc) is 3.16. The summed E-state index contributed by atoms with van der Waals surface area (Å²) >= 11 is 1.34. The lowest BCUT2D eigenvalue weighted by atomic mass is 10.0. The van der Waals surface area contributed by atoms with Gasteiger partial charge in [0, 0.05) is 12.4 Å². The van der Waals surface area contributed by atoms with Crippen molar-refractivity contribution in [3.8, 4) is 0 Å². The first-order valence-corrected chi connectivity index (χ1v) is 9.06. The van der Waals surface area contributed by atoms with Crippen LogP contribution in [0, 0.1) is 6.92 Å². The molecular formula is C19H21N3O3S. The molecule has 2 heterocycles. The van der Waals surface area contributed by atoms with Gasteiger partial charge in [-0.3, -0.25) is 9.48 Å². The summed E-state index contributed by atoms with van der Waals surface area (Å²) in [4.78, 5) is 26.9. The molecule has 0 aliphatic heterocycles. The molecule has 0 aliphatic rings. The molecule has 1 amide bonds. The number of carboxylic acid groups (broad SMARTS) is 1. The number of fused-ring (bicyclic) bond motifs is 1. The third-order valence-corrected chi connectivity index (χ3v) is 5.80. The Bertz CT molecular complexity index is 973. The molecule has 0 spiro atoms. The second kappa shape index (κ2) is 6.57. The number of carboxylic acids is 1. The number of nitrogens with zero attached hydrogens (tertiary/aromatic N) is 3. The van der Waals surface area contributed by atoms with E-state index in [-0.39, 0.29) is 5.91 Å². The van der Waals surface area contributed by atoms with Crippen molar-refractivity contribution in [2.75, 3.05) is 7.05 Å². The summed E-state index contributed by atoms with van der Waals surface area (Å²) in [6.45, 7) is 5.57. The molecule has 3 aromatic rings.